The average Bonchev–Trinajstić information content (AvgIpc) is 2.29. The van der Waals surface area contributed by atoms with Crippen LogP contribution in [0.4, 0.5) is 0 Å². The number of hydrogen-bond acceptors (Lipinski definition) is 2. The Labute approximate surface area is 103 Å². The first kappa shape index (κ1) is 13.6. The van der Waals surface area contributed by atoms with E-state index in [4.69, 9.17) is 4.74 Å². The molecular weight excluding hydrogens is 214 g/mol. The number of rotatable bonds is 4. The molecule has 0 fully saturated rings. The molecule has 0 radical (unpaired) electrons. The molecule has 1 aromatic carbocycles. The molecule has 1 rings (SSSR count). The molecule has 3 heteroatoms. The lowest BCUT2D eigenvalue weighted by atomic mass is 10.1. The van der Waals surface area contributed by atoms with Crippen molar-refractivity contribution in [3.63, 3.8) is 0 Å². The predicted octanol–water partition coefficient (Wildman–Crippen LogP) is 2.55. The molecule has 0 aliphatic carbocycles. The van der Waals surface area contributed by atoms with Crippen molar-refractivity contribution >= 4 is 5.91 Å². The molecule has 1 aromatic rings. The smallest absolute Gasteiger partial charge is 0.263 e. The Morgan fingerprint density at radius 1 is 1.35 bits per heavy atom. The second-order valence-electron chi connectivity index (χ2n) is 4.52. The van der Waals surface area contributed by atoms with E-state index in [1.54, 1.807) is 19.0 Å². The summed E-state index contributed by atoms with van der Waals surface area (Å²) in [6, 6.07) is 6.02. The second kappa shape index (κ2) is 5.71. The molecule has 1 atom stereocenters. The van der Waals surface area contributed by atoms with Gasteiger partial charge in [-0.15, -0.1) is 0 Å². The normalized spacial score (nSPS) is 12.1. The largest absolute Gasteiger partial charge is 0.480 e. The van der Waals surface area contributed by atoms with Crippen LogP contribution in [0.25, 0.3) is 0 Å². The van der Waals surface area contributed by atoms with Gasteiger partial charge in [-0.3, -0.25) is 4.79 Å². The van der Waals surface area contributed by atoms with Crippen LogP contribution in [-0.4, -0.2) is 31.0 Å². The molecule has 94 valence electrons. The van der Waals surface area contributed by atoms with Gasteiger partial charge in [0.25, 0.3) is 5.91 Å². The van der Waals surface area contributed by atoms with Crippen LogP contribution in [0.1, 0.15) is 24.5 Å². The van der Waals surface area contributed by atoms with Gasteiger partial charge >= 0.3 is 0 Å². The van der Waals surface area contributed by atoms with Gasteiger partial charge in [0.2, 0.25) is 0 Å². The van der Waals surface area contributed by atoms with Crippen LogP contribution in [0.2, 0.25) is 0 Å². The summed E-state index contributed by atoms with van der Waals surface area (Å²) < 4.78 is 5.81. The highest BCUT2D eigenvalue weighted by atomic mass is 16.5. The highest BCUT2D eigenvalue weighted by Crippen LogP contribution is 2.21. The Morgan fingerprint density at radius 2 is 2.00 bits per heavy atom. The predicted molar refractivity (Wildman–Crippen MR) is 69.3 cm³/mol. The van der Waals surface area contributed by atoms with Gasteiger partial charge in [0.1, 0.15) is 5.75 Å². The maximum absolute atomic E-state index is 11.9. The SMILES string of the molecule is CC[C@H](Oc1cc(C)ccc1C)C(=O)N(C)C. The number of nitrogens with zero attached hydrogens (tertiary/aromatic N) is 1. The summed E-state index contributed by atoms with van der Waals surface area (Å²) in [5.41, 5.74) is 2.19. The van der Waals surface area contributed by atoms with Crippen molar-refractivity contribution in [1.29, 1.82) is 0 Å². The number of carbonyl (C=O) groups excluding carboxylic acids is 1. The fourth-order valence-electron chi connectivity index (χ4n) is 1.58. The molecule has 3 nitrogen and oxygen atoms in total. The van der Waals surface area contributed by atoms with Gasteiger partial charge in [0, 0.05) is 14.1 Å². The van der Waals surface area contributed by atoms with Crippen LogP contribution in [-0.2, 0) is 4.79 Å². The van der Waals surface area contributed by atoms with Crippen LogP contribution in [0.3, 0.4) is 0 Å². The second-order valence-corrected chi connectivity index (χ2v) is 4.52. The van der Waals surface area contributed by atoms with Crippen LogP contribution < -0.4 is 4.74 Å². The topological polar surface area (TPSA) is 29.5 Å². The number of ether oxygens (including phenoxy) is 1. The zero-order chi connectivity index (χ0) is 13.0. The van der Waals surface area contributed by atoms with E-state index in [-0.39, 0.29) is 5.91 Å². The third kappa shape index (κ3) is 3.48. The van der Waals surface area contributed by atoms with Crippen LogP contribution >= 0.6 is 0 Å². The molecule has 0 heterocycles. The molecule has 0 aliphatic heterocycles. The number of carbonyl (C=O) groups is 1. The molecule has 0 N–H and O–H groups in total. The number of benzene rings is 1. The van der Waals surface area contributed by atoms with E-state index in [9.17, 15) is 4.79 Å². The summed E-state index contributed by atoms with van der Waals surface area (Å²) in [6.45, 7) is 5.96. The first-order valence-corrected chi connectivity index (χ1v) is 5.90. The summed E-state index contributed by atoms with van der Waals surface area (Å²) in [5.74, 6) is 0.806. The van der Waals surface area contributed by atoms with Crippen molar-refractivity contribution in [3.8, 4) is 5.75 Å². The molecule has 1 amide bonds. The van der Waals surface area contributed by atoms with E-state index >= 15 is 0 Å². The molecule has 0 unspecified atom stereocenters. The zero-order valence-electron chi connectivity index (χ0n) is 11.3. The summed E-state index contributed by atoms with van der Waals surface area (Å²) in [4.78, 5) is 13.4. The fraction of sp³-hybridized carbons (Fsp3) is 0.500. The third-order valence-electron chi connectivity index (χ3n) is 2.70. The van der Waals surface area contributed by atoms with E-state index in [0.29, 0.717) is 6.42 Å². The summed E-state index contributed by atoms with van der Waals surface area (Å²) >= 11 is 0. The van der Waals surface area contributed by atoms with Crippen molar-refractivity contribution < 1.29 is 9.53 Å². The Balaban J connectivity index is 2.87. The lowest BCUT2D eigenvalue weighted by Gasteiger charge is -2.21. The van der Waals surface area contributed by atoms with Gasteiger partial charge in [-0.05, 0) is 37.5 Å². The van der Waals surface area contributed by atoms with Crippen molar-refractivity contribution in [2.75, 3.05) is 14.1 Å². The van der Waals surface area contributed by atoms with E-state index in [0.717, 1.165) is 16.9 Å². The minimum Gasteiger partial charge on any atom is -0.480 e. The molecule has 0 aromatic heterocycles. The molecule has 17 heavy (non-hydrogen) atoms. The van der Waals surface area contributed by atoms with E-state index in [1.807, 2.05) is 39.0 Å². The van der Waals surface area contributed by atoms with E-state index in [1.165, 1.54) is 0 Å². The molecular formula is C14H21NO2. The Morgan fingerprint density at radius 3 is 2.53 bits per heavy atom. The van der Waals surface area contributed by atoms with Gasteiger partial charge in [-0.25, -0.2) is 0 Å². The molecule has 0 spiro atoms. The maximum atomic E-state index is 11.9. The lowest BCUT2D eigenvalue weighted by Crippen LogP contribution is -2.37. The van der Waals surface area contributed by atoms with Gasteiger partial charge in [0.05, 0.1) is 0 Å². The van der Waals surface area contributed by atoms with Gasteiger partial charge in [-0.1, -0.05) is 19.1 Å². The molecule has 0 saturated heterocycles. The number of aryl methyl sites for hydroxylation is 2. The Bertz CT molecular complexity index is 399. The first-order valence-electron chi connectivity index (χ1n) is 5.90. The monoisotopic (exact) mass is 235 g/mol. The Kier molecular flexibility index (Phi) is 4.55. The number of likely N-dealkylation sites (N-methyl/N-ethyl adjacent to an activating group) is 1. The third-order valence-corrected chi connectivity index (χ3v) is 2.70. The van der Waals surface area contributed by atoms with Crippen LogP contribution in [0.5, 0.6) is 5.75 Å². The van der Waals surface area contributed by atoms with Crippen molar-refractivity contribution in [2.45, 2.75) is 33.3 Å². The minimum absolute atomic E-state index is 0.00778. The standard InChI is InChI=1S/C14H21NO2/c1-6-12(14(16)15(4)5)17-13-9-10(2)7-8-11(13)3/h7-9,12H,6H2,1-5H3/t12-/m0/s1. The number of amides is 1. The number of hydrogen-bond donors (Lipinski definition) is 0. The van der Waals surface area contributed by atoms with Crippen LogP contribution in [0.15, 0.2) is 18.2 Å². The van der Waals surface area contributed by atoms with E-state index < -0.39 is 6.10 Å². The maximum Gasteiger partial charge on any atom is 0.263 e. The molecule has 0 aliphatic rings. The zero-order valence-corrected chi connectivity index (χ0v) is 11.3. The van der Waals surface area contributed by atoms with Gasteiger partial charge < -0.3 is 9.64 Å². The highest BCUT2D eigenvalue weighted by Gasteiger charge is 2.20. The minimum atomic E-state index is -0.398. The highest BCUT2D eigenvalue weighted by molar-refractivity contribution is 5.80. The molecule has 0 saturated carbocycles. The summed E-state index contributed by atoms with van der Waals surface area (Å²) in [7, 11) is 3.49. The molecule has 0 bridgehead atoms. The van der Waals surface area contributed by atoms with Gasteiger partial charge in [0.15, 0.2) is 6.10 Å². The van der Waals surface area contributed by atoms with Crippen molar-refractivity contribution in [2.24, 2.45) is 0 Å². The summed E-state index contributed by atoms with van der Waals surface area (Å²) in [6.07, 6.45) is 0.273. The van der Waals surface area contributed by atoms with E-state index in [2.05, 4.69) is 0 Å². The first-order chi connectivity index (χ1) is 7.95. The lowest BCUT2D eigenvalue weighted by molar-refractivity contribution is -0.136. The van der Waals surface area contributed by atoms with Gasteiger partial charge in [-0.2, -0.15) is 0 Å². The van der Waals surface area contributed by atoms with Crippen molar-refractivity contribution in [1.82, 2.24) is 4.90 Å². The van der Waals surface area contributed by atoms with Crippen molar-refractivity contribution in [3.05, 3.63) is 29.3 Å². The quantitative estimate of drug-likeness (QED) is 0.802. The van der Waals surface area contributed by atoms with Crippen LogP contribution in [0, 0.1) is 13.8 Å². The summed E-state index contributed by atoms with van der Waals surface area (Å²) in [5, 5.41) is 0. The Hall–Kier alpha value is -1.51. The average molecular weight is 235 g/mol. The fourth-order valence-corrected chi connectivity index (χ4v) is 1.58.